The van der Waals surface area contributed by atoms with Gasteiger partial charge in [-0.25, -0.2) is 4.90 Å². The molecule has 2 aromatic rings. The fraction of sp³-hybridized carbons (Fsp3) is 0.471. The van der Waals surface area contributed by atoms with E-state index >= 15 is 0 Å². The number of nitrogens with zero attached hydrogens (tertiary/aromatic N) is 2. The second-order valence-corrected chi connectivity index (χ2v) is 13.1. The zero-order chi connectivity index (χ0) is 31.8. The molecule has 1 N–H and O–H groups in total. The van der Waals surface area contributed by atoms with Crippen LogP contribution in [0.4, 0.5) is 18.9 Å². The van der Waals surface area contributed by atoms with Crippen LogP contribution < -0.4 is 9.64 Å². The molecule has 2 saturated heterocycles. The number of allylic oxidation sites excluding steroid dienone is 2. The van der Waals surface area contributed by atoms with Gasteiger partial charge < -0.3 is 9.84 Å². The number of phenolic OH excluding ortho intramolecular Hbond substituents is 1. The molecule has 7 rings (SSSR count). The Kier molecular flexibility index (Phi) is 6.87. The molecule has 4 fully saturated rings. The number of phenols is 1. The zero-order valence-electron chi connectivity index (χ0n) is 24.6. The zero-order valence-corrected chi connectivity index (χ0v) is 24.6. The van der Waals surface area contributed by atoms with Gasteiger partial charge in [0, 0.05) is 17.5 Å². The van der Waals surface area contributed by atoms with Gasteiger partial charge in [0.25, 0.3) is 0 Å². The summed E-state index contributed by atoms with van der Waals surface area (Å²) in [6.07, 6.45) is 1.51. The van der Waals surface area contributed by atoms with Crippen molar-refractivity contribution in [2.75, 3.05) is 4.90 Å². The number of hydrogen-bond acceptors (Lipinski definition) is 6. The quantitative estimate of drug-likeness (QED) is 0.339. The molecule has 2 saturated carbocycles. The van der Waals surface area contributed by atoms with Crippen molar-refractivity contribution in [3.63, 3.8) is 0 Å². The van der Waals surface area contributed by atoms with Crippen molar-refractivity contribution in [2.45, 2.75) is 70.2 Å². The van der Waals surface area contributed by atoms with Crippen LogP contribution >= 0.6 is 0 Å². The number of likely N-dealkylation sites (tertiary alicyclic amines) is 1. The fourth-order valence-corrected chi connectivity index (χ4v) is 8.87. The van der Waals surface area contributed by atoms with Crippen molar-refractivity contribution in [3.8, 4) is 11.5 Å². The third kappa shape index (κ3) is 4.48. The smallest absolute Gasteiger partial charge is 0.508 e. The van der Waals surface area contributed by atoms with Crippen LogP contribution in [0.15, 0.2) is 60.2 Å². The van der Waals surface area contributed by atoms with Crippen molar-refractivity contribution in [2.24, 2.45) is 29.1 Å². The highest BCUT2D eigenvalue weighted by Crippen LogP contribution is 2.64. The van der Waals surface area contributed by atoms with E-state index in [4.69, 9.17) is 0 Å². The number of anilines is 1. The molecule has 6 atom stereocenters. The summed E-state index contributed by atoms with van der Waals surface area (Å²) >= 11 is 0. The van der Waals surface area contributed by atoms with E-state index in [0.717, 1.165) is 55.2 Å². The van der Waals surface area contributed by atoms with Gasteiger partial charge in [-0.15, -0.1) is 13.2 Å². The summed E-state index contributed by atoms with van der Waals surface area (Å²) < 4.78 is 44.0. The number of imide groups is 2. The molecule has 2 aromatic carbocycles. The lowest BCUT2D eigenvalue weighted by atomic mass is 9.51. The highest BCUT2D eigenvalue weighted by atomic mass is 19.4. The lowest BCUT2D eigenvalue weighted by Gasteiger charge is -2.49. The van der Waals surface area contributed by atoms with E-state index in [-0.39, 0.29) is 42.0 Å². The van der Waals surface area contributed by atoms with Gasteiger partial charge in [-0.05, 0) is 68.9 Å². The molecule has 6 unspecified atom stereocenters. The molecule has 0 radical (unpaired) electrons. The summed E-state index contributed by atoms with van der Waals surface area (Å²) in [7, 11) is 0. The summed E-state index contributed by atoms with van der Waals surface area (Å²) in [4.78, 5) is 59.0. The van der Waals surface area contributed by atoms with Gasteiger partial charge in [0.1, 0.15) is 11.5 Å². The normalized spacial score (nSPS) is 31.9. The lowest BCUT2D eigenvalue weighted by molar-refractivity contribution is -0.274. The first-order chi connectivity index (χ1) is 21.4. The fourth-order valence-electron chi connectivity index (χ4n) is 8.87. The van der Waals surface area contributed by atoms with E-state index < -0.39 is 58.9 Å². The first kappa shape index (κ1) is 29.6. The van der Waals surface area contributed by atoms with Crippen LogP contribution in [-0.2, 0) is 19.2 Å². The Morgan fingerprint density at radius 3 is 2.31 bits per heavy atom. The largest absolute Gasteiger partial charge is 0.573 e. The van der Waals surface area contributed by atoms with Crippen molar-refractivity contribution < 1.29 is 42.2 Å². The highest BCUT2D eigenvalue weighted by Gasteiger charge is 2.68. The summed E-state index contributed by atoms with van der Waals surface area (Å²) in [5, 5.41) is 11.1. The van der Waals surface area contributed by atoms with Gasteiger partial charge >= 0.3 is 6.36 Å². The van der Waals surface area contributed by atoms with E-state index in [1.54, 1.807) is 37.3 Å². The second kappa shape index (κ2) is 10.5. The number of halogens is 3. The molecule has 2 aliphatic heterocycles. The maximum atomic E-state index is 14.4. The van der Waals surface area contributed by atoms with Crippen LogP contribution in [0, 0.1) is 29.1 Å². The molecule has 45 heavy (non-hydrogen) atoms. The van der Waals surface area contributed by atoms with Crippen LogP contribution in [0.25, 0.3) is 0 Å². The van der Waals surface area contributed by atoms with Crippen LogP contribution in [-0.4, -0.2) is 46.0 Å². The minimum absolute atomic E-state index is 0.00405. The molecule has 8 nitrogen and oxygen atoms in total. The first-order valence-electron chi connectivity index (χ1n) is 15.5. The van der Waals surface area contributed by atoms with Gasteiger partial charge in [-0.1, -0.05) is 49.1 Å². The highest BCUT2D eigenvalue weighted by molar-refractivity contribution is 6.24. The molecule has 0 spiro atoms. The van der Waals surface area contributed by atoms with E-state index in [9.17, 15) is 37.5 Å². The average Bonchev–Trinajstić information content (AvgIpc) is 3.38. The number of benzene rings is 2. The Bertz CT molecular complexity index is 1620. The van der Waals surface area contributed by atoms with Gasteiger partial charge in [0.05, 0.1) is 28.9 Å². The van der Waals surface area contributed by atoms with Crippen LogP contribution in [0.3, 0.4) is 0 Å². The molecular weight excluding hydrogens is 589 g/mol. The van der Waals surface area contributed by atoms with Gasteiger partial charge in [0.15, 0.2) is 0 Å². The topological polar surface area (TPSA) is 104 Å². The molecule has 236 valence electrons. The maximum absolute atomic E-state index is 14.4. The Morgan fingerprint density at radius 1 is 0.911 bits per heavy atom. The Labute approximate surface area is 257 Å². The monoisotopic (exact) mass is 622 g/mol. The van der Waals surface area contributed by atoms with E-state index in [1.807, 2.05) is 6.08 Å². The molecular formula is C34H33F3N2O6. The lowest BCUT2D eigenvalue weighted by Crippen LogP contribution is -2.49. The van der Waals surface area contributed by atoms with Crippen LogP contribution in [0.2, 0.25) is 0 Å². The third-order valence-electron chi connectivity index (χ3n) is 10.8. The molecule has 4 amide bonds. The molecule has 5 aliphatic rings. The molecule has 2 heterocycles. The van der Waals surface area contributed by atoms with Crippen molar-refractivity contribution in [1.82, 2.24) is 4.90 Å². The second-order valence-electron chi connectivity index (χ2n) is 13.1. The third-order valence-corrected chi connectivity index (χ3v) is 10.8. The minimum atomic E-state index is -5.00. The summed E-state index contributed by atoms with van der Waals surface area (Å²) in [6, 6.07) is 11.3. The Balaban J connectivity index is 1.37. The van der Waals surface area contributed by atoms with Gasteiger partial charge in [0.2, 0.25) is 23.6 Å². The van der Waals surface area contributed by atoms with E-state index in [0.29, 0.717) is 11.3 Å². The number of carbonyl (C=O) groups excluding carboxylic acids is 4. The predicted octanol–water partition coefficient (Wildman–Crippen LogP) is 5.85. The van der Waals surface area contributed by atoms with Crippen molar-refractivity contribution in [1.29, 1.82) is 0 Å². The van der Waals surface area contributed by atoms with Gasteiger partial charge in [-0.2, -0.15) is 0 Å². The molecule has 0 bridgehead atoms. The Morgan fingerprint density at radius 2 is 1.62 bits per heavy atom. The summed E-state index contributed by atoms with van der Waals surface area (Å²) in [5.41, 5.74) is -0.580. The number of alkyl halides is 3. The van der Waals surface area contributed by atoms with Crippen molar-refractivity contribution in [3.05, 3.63) is 65.7 Å². The molecule has 11 heteroatoms. The van der Waals surface area contributed by atoms with Crippen LogP contribution in [0.1, 0.15) is 63.4 Å². The van der Waals surface area contributed by atoms with E-state index in [2.05, 4.69) is 4.74 Å². The number of carbonyl (C=O) groups is 4. The standard InChI is InChI=1S/C34H33F3N2O6/c1-33-25(30(42)39(32(33)44)19-10-6-3-7-11-19)17-23-21(28(33)24-16-20(12-15-26(24)40)45-34(35,36)37)13-14-22-27(23)31(43)38(29(22)41)18-8-4-2-5-9-18/h3,6-7,10-13,15-16,18,22-23,25,27-28,40H,2,4-5,8-9,14,17H2,1H3. The van der Waals surface area contributed by atoms with Gasteiger partial charge in [-0.3, -0.25) is 24.1 Å². The van der Waals surface area contributed by atoms with Crippen molar-refractivity contribution >= 4 is 29.3 Å². The number of hydrogen-bond donors (Lipinski definition) is 1. The van der Waals surface area contributed by atoms with Crippen LogP contribution in [0.5, 0.6) is 11.5 Å². The number of fused-ring (bicyclic) bond motifs is 4. The summed E-state index contributed by atoms with van der Waals surface area (Å²) in [6.45, 7) is 1.61. The average molecular weight is 623 g/mol. The Hall–Kier alpha value is -4.15. The van der Waals surface area contributed by atoms with E-state index in [1.165, 1.54) is 4.90 Å². The number of aromatic hydroxyl groups is 1. The predicted molar refractivity (Wildman–Crippen MR) is 155 cm³/mol. The SMILES string of the molecule is CC12C(=O)N(c3ccccc3)C(=O)C1CC1C(=CCC3C(=O)N(C4CCCCC4)C(=O)C31)C2c1cc(OC(F)(F)F)ccc1O. The number of para-hydroxylation sites is 1. The number of rotatable bonds is 4. The number of amides is 4. The summed E-state index contributed by atoms with van der Waals surface area (Å²) in [5.74, 6) is -6.53. The first-order valence-corrected chi connectivity index (χ1v) is 15.5. The number of ether oxygens (including phenoxy) is 1. The maximum Gasteiger partial charge on any atom is 0.573 e. The minimum Gasteiger partial charge on any atom is -0.508 e. The molecule has 0 aromatic heterocycles. The molecule has 3 aliphatic carbocycles.